The largest absolute Gasteiger partial charge is 0.497 e. The van der Waals surface area contributed by atoms with Gasteiger partial charge in [0.15, 0.2) is 11.7 Å². The minimum atomic E-state index is -0.244. The van der Waals surface area contributed by atoms with Gasteiger partial charge < -0.3 is 19.6 Å². The number of amides is 1. The van der Waals surface area contributed by atoms with Gasteiger partial charge in [0.05, 0.1) is 19.9 Å². The molecular formula is C16H20N2O4. The Hall–Kier alpha value is -2.34. The highest BCUT2D eigenvalue weighted by Crippen LogP contribution is 2.23. The quantitative estimate of drug-likeness (QED) is 0.814. The van der Waals surface area contributed by atoms with Crippen LogP contribution in [0.5, 0.6) is 5.75 Å². The molecule has 6 heteroatoms. The van der Waals surface area contributed by atoms with Crippen molar-refractivity contribution in [2.75, 3.05) is 13.7 Å². The molecular weight excluding hydrogens is 284 g/mol. The van der Waals surface area contributed by atoms with Crippen LogP contribution < -0.4 is 10.1 Å². The Kier molecular flexibility index (Phi) is 5.55. The number of aromatic nitrogens is 1. The van der Waals surface area contributed by atoms with Crippen molar-refractivity contribution < 1.29 is 19.1 Å². The molecule has 0 fully saturated rings. The normalized spacial score (nSPS) is 12.0. The average Bonchev–Trinajstić information content (AvgIpc) is 3.02. The number of hydrogen-bond donors (Lipinski definition) is 2. The van der Waals surface area contributed by atoms with Crippen LogP contribution in [0, 0.1) is 0 Å². The molecule has 1 heterocycles. The van der Waals surface area contributed by atoms with Crippen LogP contribution in [0.2, 0.25) is 0 Å². The van der Waals surface area contributed by atoms with Gasteiger partial charge in [0.2, 0.25) is 5.91 Å². The molecule has 2 rings (SSSR count). The summed E-state index contributed by atoms with van der Waals surface area (Å²) in [6.45, 7) is 1.66. The lowest BCUT2D eigenvalue weighted by atomic mass is 10.2. The molecule has 1 atom stereocenters. The Balaban J connectivity index is 1.92. The van der Waals surface area contributed by atoms with Crippen molar-refractivity contribution in [2.24, 2.45) is 0 Å². The summed E-state index contributed by atoms with van der Waals surface area (Å²) in [5, 5.41) is 11.6. The van der Waals surface area contributed by atoms with E-state index in [2.05, 4.69) is 10.3 Å². The zero-order valence-corrected chi connectivity index (χ0v) is 12.7. The Morgan fingerprint density at radius 2 is 2.14 bits per heavy atom. The van der Waals surface area contributed by atoms with E-state index in [1.807, 2.05) is 24.3 Å². The first-order chi connectivity index (χ1) is 10.6. The van der Waals surface area contributed by atoms with Crippen LogP contribution in [0.15, 0.2) is 34.9 Å². The third-order valence-corrected chi connectivity index (χ3v) is 3.18. The van der Waals surface area contributed by atoms with E-state index in [9.17, 15) is 4.79 Å². The minimum Gasteiger partial charge on any atom is -0.497 e. The number of methoxy groups -OCH3 is 1. The summed E-state index contributed by atoms with van der Waals surface area (Å²) >= 11 is 0. The van der Waals surface area contributed by atoms with E-state index in [-0.39, 0.29) is 25.0 Å². The number of aryl methyl sites for hydroxylation is 1. The molecule has 0 aliphatic carbocycles. The highest BCUT2D eigenvalue weighted by molar-refractivity contribution is 5.76. The molecule has 0 saturated carbocycles. The predicted octanol–water partition coefficient (Wildman–Crippen LogP) is 1.78. The molecule has 1 unspecified atom stereocenters. The van der Waals surface area contributed by atoms with Gasteiger partial charge in [-0.2, -0.15) is 0 Å². The lowest BCUT2D eigenvalue weighted by molar-refractivity contribution is -0.122. The number of aliphatic hydroxyl groups excluding tert-OH is 1. The van der Waals surface area contributed by atoms with Crippen LogP contribution in [0.1, 0.15) is 19.2 Å². The molecule has 22 heavy (non-hydrogen) atoms. The van der Waals surface area contributed by atoms with Gasteiger partial charge in [-0.1, -0.05) is 0 Å². The summed E-state index contributed by atoms with van der Waals surface area (Å²) in [6, 6.07) is 7.23. The molecule has 118 valence electrons. The van der Waals surface area contributed by atoms with Crippen LogP contribution in [0.3, 0.4) is 0 Å². The van der Waals surface area contributed by atoms with E-state index in [4.69, 9.17) is 14.3 Å². The van der Waals surface area contributed by atoms with Crippen molar-refractivity contribution in [3.05, 3.63) is 36.4 Å². The second-order valence-corrected chi connectivity index (χ2v) is 5.00. The van der Waals surface area contributed by atoms with Gasteiger partial charge in [0.25, 0.3) is 0 Å². The fraction of sp³-hybridized carbons (Fsp3) is 0.375. The number of nitrogens with one attached hydrogen (secondary N) is 1. The minimum absolute atomic E-state index is 0.0770. The molecule has 0 saturated heterocycles. The second-order valence-electron chi connectivity index (χ2n) is 5.00. The predicted molar refractivity (Wildman–Crippen MR) is 81.5 cm³/mol. The molecule has 1 amide bonds. The first-order valence-electron chi connectivity index (χ1n) is 7.11. The first kappa shape index (κ1) is 16.0. The molecule has 0 aliphatic rings. The van der Waals surface area contributed by atoms with Gasteiger partial charge in [-0.05, 0) is 31.2 Å². The second kappa shape index (κ2) is 7.61. The maximum absolute atomic E-state index is 11.6. The Morgan fingerprint density at radius 1 is 1.41 bits per heavy atom. The SMILES string of the molecule is COc1ccc(-c2cnc(CCC(=O)NC(C)CO)o2)cc1. The van der Waals surface area contributed by atoms with Gasteiger partial charge in [0.1, 0.15) is 5.75 Å². The molecule has 2 aromatic rings. The van der Waals surface area contributed by atoms with Crippen LogP contribution in [-0.2, 0) is 11.2 Å². The van der Waals surface area contributed by atoms with E-state index in [0.717, 1.165) is 11.3 Å². The molecule has 1 aromatic heterocycles. The number of oxazole rings is 1. The Morgan fingerprint density at radius 3 is 2.77 bits per heavy atom. The highest BCUT2D eigenvalue weighted by atomic mass is 16.5. The van der Waals surface area contributed by atoms with Crippen molar-refractivity contribution in [3.8, 4) is 17.1 Å². The molecule has 0 bridgehead atoms. The van der Waals surface area contributed by atoms with E-state index < -0.39 is 0 Å². The topological polar surface area (TPSA) is 84.6 Å². The number of nitrogens with zero attached hydrogens (tertiary/aromatic N) is 1. The molecule has 0 spiro atoms. The maximum atomic E-state index is 11.6. The summed E-state index contributed by atoms with van der Waals surface area (Å²) in [6.07, 6.45) is 2.33. The number of ether oxygens (including phenoxy) is 1. The summed E-state index contributed by atoms with van der Waals surface area (Å²) in [7, 11) is 1.62. The number of carbonyl (C=O) groups excluding carboxylic acids is 1. The standard InChI is InChI=1S/C16H20N2O4/c1-11(10-19)18-15(20)7-8-16-17-9-14(22-16)12-3-5-13(21-2)6-4-12/h3-6,9,11,19H,7-8,10H2,1-2H3,(H,18,20). The van der Waals surface area contributed by atoms with Gasteiger partial charge in [0, 0.05) is 24.4 Å². The van der Waals surface area contributed by atoms with Gasteiger partial charge in [-0.15, -0.1) is 0 Å². The fourth-order valence-corrected chi connectivity index (χ4v) is 1.93. The van der Waals surface area contributed by atoms with Crippen LogP contribution in [0.25, 0.3) is 11.3 Å². The van der Waals surface area contributed by atoms with E-state index in [0.29, 0.717) is 18.1 Å². The number of aliphatic hydroxyl groups is 1. The molecule has 6 nitrogen and oxygen atoms in total. The smallest absolute Gasteiger partial charge is 0.220 e. The summed E-state index contributed by atoms with van der Waals surface area (Å²) in [5.41, 5.74) is 0.901. The average molecular weight is 304 g/mol. The summed E-state index contributed by atoms with van der Waals surface area (Å²) in [5.74, 6) is 1.81. The molecule has 2 N–H and O–H groups in total. The zero-order valence-electron chi connectivity index (χ0n) is 12.7. The van der Waals surface area contributed by atoms with Crippen LogP contribution in [-0.4, -0.2) is 35.8 Å². The Labute approximate surface area is 129 Å². The monoisotopic (exact) mass is 304 g/mol. The lowest BCUT2D eigenvalue weighted by Crippen LogP contribution is -2.35. The number of hydrogen-bond acceptors (Lipinski definition) is 5. The molecule has 0 aliphatic heterocycles. The molecule has 0 radical (unpaired) electrons. The third-order valence-electron chi connectivity index (χ3n) is 3.18. The van der Waals surface area contributed by atoms with Gasteiger partial charge in [-0.25, -0.2) is 4.98 Å². The highest BCUT2D eigenvalue weighted by Gasteiger charge is 2.10. The number of rotatable bonds is 7. The van der Waals surface area contributed by atoms with E-state index >= 15 is 0 Å². The number of carbonyl (C=O) groups is 1. The first-order valence-corrected chi connectivity index (χ1v) is 7.11. The lowest BCUT2D eigenvalue weighted by Gasteiger charge is -2.09. The van der Waals surface area contributed by atoms with Gasteiger partial charge >= 0.3 is 0 Å². The van der Waals surface area contributed by atoms with Crippen molar-refractivity contribution in [2.45, 2.75) is 25.8 Å². The van der Waals surface area contributed by atoms with E-state index in [1.165, 1.54) is 0 Å². The maximum Gasteiger partial charge on any atom is 0.220 e. The van der Waals surface area contributed by atoms with Crippen LogP contribution >= 0.6 is 0 Å². The Bertz CT molecular complexity index is 607. The van der Waals surface area contributed by atoms with Crippen molar-refractivity contribution in [1.29, 1.82) is 0 Å². The van der Waals surface area contributed by atoms with Crippen molar-refractivity contribution in [3.63, 3.8) is 0 Å². The van der Waals surface area contributed by atoms with Crippen LogP contribution in [0.4, 0.5) is 0 Å². The molecule has 1 aromatic carbocycles. The van der Waals surface area contributed by atoms with Crippen molar-refractivity contribution >= 4 is 5.91 Å². The summed E-state index contributed by atoms with van der Waals surface area (Å²) in [4.78, 5) is 15.8. The number of benzene rings is 1. The zero-order chi connectivity index (χ0) is 15.9. The summed E-state index contributed by atoms with van der Waals surface area (Å²) < 4.78 is 10.8. The van der Waals surface area contributed by atoms with E-state index in [1.54, 1.807) is 20.2 Å². The third kappa shape index (κ3) is 4.33. The fourth-order valence-electron chi connectivity index (χ4n) is 1.93. The van der Waals surface area contributed by atoms with Gasteiger partial charge in [-0.3, -0.25) is 4.79 Å². The van der Waals surface area contributed by atoms with Crippen molar-refractivity contribution in [1.82, 2.24) is 10.3 Å².